The molecule has 0 aliphatic heterocycles. The van der Waals surface area contributed by atoms with Gasteiger partial charge in [-0.25, -0.2) is 0 Å². The number of anilines is 1. The lowest BCUT2D eigenvalue weighted by atomic mass is 10.2. The number of phenolic OH excluding ortho intramolecular Hbond substituents is 1. The number of ether oxygens (including phenoxy) is 2. The molecule has 6 nitrogen and oxygen atoms in total. The van der Waals surface area contributed by atoms with E-state index in [9.17, 15) is 9.90 Å². The first-order valence-corrected chi connectivity index (χ1v) is 7.08. The first-order valence-electron chi connectivity index (χ1n) is 7.08. The van der Waals surface area contributed by atoms with E-state index in [1.807, 2.05) is 6.07 Å². The van der Waals surface area contributed by atoms with Gasteiger partial charge in [0.25, 0.3) is 0 Å². The Morgan fingerprint density at radius 1 is 1.29 bits per heavy atom. The van der Waals surface area contributed by atoms with Gasteiger partial charge in [0, 0.05) is 17.8 Å². The van der Waals surface area contributed by atoms with Crippen LogP contribution in [0.2, 0.25) is 0 Å². The SMILES string of the molecule is COc1cc(/C=C/C(=O)Nc2cccc(O)c2)ccc1OCC#N. The Balaban J connectivity index is 2.05. The minimum atomic E-state index is -0.329. The minimum Gasteiger partial charge on any atom is -0.508 e. The van der Waals surface area contributed by atoms with Gasteiger partial charge in [0.2, 0.25) is 5.91 Å². The number of benzene rings is 2. The van der Waals surface area contributed by atoms with E-state index in [4.69, 9.17) is 14.7 Å². The Kier molecular flexibility index (Phi) is 5.81. The van der Waals surface area contributed by atoms with Crippen LogP contribution in [-0.4, -0.2) is 24.7 Å². The van der Waals surface area contributed by atoms with Crippen LogP contribution in [0.5, 0.6) is 17.2 Å². The molecular weight excluding hydrogens is 308 g/mol. The molecule has 24 heavy (non-hydrogen) atoms. The van der Waals surface area contributed by atoms with Crippen molar-refractivity contribution in [3.63, 3.8) is 0 Å². The monoisotopic (exact) mass is 324 g/mol. The topological polar surface area (TPSA) is 91.6 Å². The fourth-order valence-corrected chi connectivity index (χ4v) is 1.96. The molecule has 0 aliphatic rings. The van der Waals surface area contributed by atoms with Crippen LogP contribution in [0, 0.1) is 11.3 Å². The summed E-state index contributed by atoms with van der Waals surface area (Å²) in [5.74, 6) is 0.681. The Hall–Kier alpha value is -3.46. The molecule has 2 aromatic rings. The zero-order valence-corrected chi connectivity index (χ0v) is 13.0. The van der Waals surface area contributed by atoms with Crippen LogP contribution >= 0.6 is 0 Å². The van der Waals surface area contributed by atoms with Crippen molar-refractivity contribution < 1.29 is 19.4 Å². The van der Waals surface area contributed by atoms with Gasteiger partial charge in [-0.1, -0.05) is 12.1 Å². The summed E-state index contributed by atoms with van der Waals surface area (Å²) in [5, 5.41) is 20.5. The van der Waals surface area contributed by atoms with E-state index in [-0.39, 0.29) is 18.3 Å². The maximum absolute atomic E-state index is 11.9. The lowest BCUT2D eigenvalue weighted by molar-refractivity contribution is -0.111. The number of nitrogens with zero attached hydrogens (tertiary/aromatic N) is 1. The molecule has 0 bridgehead atoms. The fourth-order valence-electron chi connectivity index (χ4n) is 1.96. The second-order valence-corrected chi connectivity index (χ2v) is 4.73. The summed E-state index contributed by atoms with van der Waals surface area (Å²) in [6, 6.07) is 13.3. The molecule has 2 N–H and O–H groups in total. The number of amides is 1. The molecule has 0 heterocycles. The van der Waals surface area contributed by atoms with E-state index >= 15 is 0 Å². The normalized spacial score (nSPS) is 10.2. The fraction of sp³-hybridized carbons (Fsp3) is 0.111. The van der Waals surface area contributed by atoms with Crippen LogP contribution in [-0.2, 0) is 4.79 Å². The second kappa shape index (κ2) is 8.25. The molecule has 0 saturated heterocycles. The van der Waals surface area contributed by atoms with Gasteiger partial charge in [0.1, 0.15) is 11.8 Å². The Morgan fingerprint density at radius 2 is 2.12 bits per heavy atom. The predicted octanol–water partition coefficient (Wildman–Crippen LogP) is 2.96. The van der Waals surface area contributed by atoms with Gasteiger partial charge in [-0.3, -0.25) is 4.79 Å². The summed E-state index contributed by atoms with van der Waals surface area (Å²) in [7, 11) is 1.50. The van der Waals surface area contributed by atoms with Crippen LogP contribution in [0.25, 0.3) is 6.08 Å². The van der Waals surface area contributed by atoms with Crippen molar-refractivity contribution in [1.29, 1.82) is 5.26 Å². The van der Waals surface area contributed by atoms with Crippen LogP contribution < -0.4 is 14.8 Å². The van der Waals surface area contributed by atoms with Crippen molar-refractivity contribution in [2.75, 3.05) is 19.0 Å². The summed E-state index contributed by atoms with van der Waals surface area (Å²) in [4.78, 5) is 11.9. The zero-order valence-electron chi connectivity index (χ0n) is 13.0. The lowest BCUT2D eigenvalue weighted by Crippen LogP contribution is -2.07. The highest BCUT2D eigenvalue weighted by Crippen LogP contribution is 2.28. The van der Waals surface area contributed by atoms with Crippen LogP contribution in [0.1, 0.15) is 5.56 Å². The quantitative estimate of drug-likeness (QED) is 0.797. The number of phenols is 1. The summed E-state index contributed by atoms with van der Waals surface area (Å²) in [6.07, 6.45) is 2.99. The van der Waals surface area contributed by atoms with E-state index < -0.39 is 0 Å². The standard InChI is InChI=1S/C18H16N2O4/c1-23-17-11-13(5-7-16(17)24-10-9-19)6-8-18(22)20-14-3-2-4-15(21)12-14/h2-8,11-12,21H,10H2,1H3,(H,20,22)/b8-6+. The van der Waals surface area contributed by atoms with E-state index in [0.29, 0.717) is 17.2 Å². The molecule has 0 aromatic heterocycles. The van der Waals surface area contributed by atoms with Crippen LogP contribution in [0.15, 0.2) is 48.5 Å². The highest BCUT2D eigenvalue weighted by Gasteiger charge is 2.05. The first kappa shape index (κ1) is 16.9. The van der Waals surface area contributed by atoms with Crippen LogP contribution in [0.4, 0.5) is 5.69 Å². The van der Waals surface area contributed by atoms with Gasteiger partial charge in [0.15, 0.2) is 18.1 Å². The van der Waals surface area contributed by atoms with Crippen molar-refractivity contribution in [3.05, 3.63) is 54.1 Å². The number of carbonyl (C=O) groups excluding carboxylic acids is 1. The molecule has 0 fully saturated rings. The molecular formula is C18H16N2O4. The Bertz CT molecular complexity index is 794. The van der Waals surface area contributed by atoms with Gasteiger partial charge in [0.05, 0.1) is 7.11 Å². The zero-order chi connectivity index (χ0) is 17.4. The van der Waals surface area contributed by atoms with E-state index in [0.717, 1.165) is 5.56 Å². The smallest absolute Gasteiger partial charge is 0.248 e. The van der Waals surface area contributed by atoms with Crippen LogP contribution in [0.3, 0.4) is 0 Å². The maximum Gasteiger partial charge on any atom is 0.248 e. The number of hydrogen-bond acceptors (Lipinski definition) is 5. The van der Waals surface area contributed by atoms with Gasteiger partial charge < -0.3 is 19.9 Å². The predicted molar refractivity (Wildman–Crippen MR) is 89.9 cm³/mol. The highest BCUT2D eigenvalue weighted by atomic mass is 16.5. The number of carbonyl (C=O) groups is 1. The maximum atomic E-state index is 11.9. The minimum absolute atomic E-state index is 0.0716. The summed E-state index contributed by atoms with van der Waals surface area (Å²) in [5.41, 5.74) is 1.24. The number of nitriles is 1. The van der Waals surface area contributed by atoms with Crippen molar-refractivity contribution in [2.24, 2.45) is 0 Å². The second-order valence-electron chi connectivity index (χ2n) is 4.73. The van der Waals surface area contributed by atoms with Crippen molar-refractivity contribution in [2.45, 2.75) is 0 Å². The summed E-state index contributed by atoms with van der Waals surface area (Å²) < 4.78 is 10.4. The molecule has 0 atom stereocenters. The molecule has 0 spiro atoms. The van der Waals surface area contributed by atoms with Crippen molar-refractivity contribution in [3.8, 4) is 23.3 Å². The van der Waals surface area contributed by atoms with Crippen molar-refractivity contribution in [1.82, 2.24) is 0 Å². The number of hydrogen-bond donors (Lipinski definition) is 2. The molecule has 0 saturated carbocycles. The Morgan fingerprint density at radius 3 is 2.83 bits per heavy atom. The number of methoxy groups -OCH3 is 1. The van der Waals surface area contributed by atoms with Gasteiger partial charge in [-0.2, -0.15) is 5.26 Å². The third kappa shape index (κ3) is 4.78. The number of aromatic hydroxyl groups is 1. The summed E-state index contributed by atoms with van der Waals surface area (Å²) >= 11 is 0. The summed E-state index contributed by atoms with van der Waals surface area (Å²) in [6.45, 7) is -0.0716. The molecule has 1 amide bonds. The third-order valence-corrected chi connectivity index (χ3v) is 3.02. The first-order chi connectivity index (χ1) is 11.6. The molecule has 0 unspecified atom stereocenters. The molecule has 0 aliphatic carbocycles. The van der Waals surface area contributed by atoms with E-state index in [2.05, 4.69) is 5.32 Å². The van der Waals surface area contributed by atoms with E-state index in [1.165, 1.54) is 25.3 Å². The molecule has 122 valence electrons. The largest absolute Gasteiger partial charge is 0.508 e. The van der Waals surface area contributed by atoms with Gasteiger partial charge >= 0.3 is 0 Å². The average Bonchev–Trinajstić information content (AvgIpc) is 2.58. The molecule has 0 radical (unpaired) electrons. The molecule has 6 heteroatoms. The van der Waals surface area contributed by atoms with Gasteiger partial charge in [-0.15, -0.1) is 0 Å². The third-order valence-electron chi connectivity index (χ3n) is 3.02. The molecule has 2 rings (SSSR count). The Labute approximate surface area is 139 Å². The van der Waals surface area contributed by atoms with Gasteiger partial charge in [-0.05, 0) is 35.9 Å². The highest BCUT2D eigenvalue weighted by molar-refractivity contribution is 6.02. The number of nitrogens with one attached hydrogen (secondary N) is 1. The lowest BCUT2D eigenvalue weighted by Gasteiger charge is -2.08. The average molecular weight is 324 g/mol. The number of rotatable bonds is 6. The van der Waals surface area contributed by atoms with E-state index in [1.54, 1.807) is 36.4 Å². The molecule has 2 aromatic carbocycles. The van der Waals surface area contributed by atoms with Crippen molar-refractivity contribution >= 4 is 17.7 Å².